The molecule has 0 saturated carbocycles. The fourth-order valence-corrected chi connectivity index (χ4v) is 0.658. The average Bonchev–Trinajstić information content (AvgIpc) is 1.86. The summed E-state index contributed by atoms with van der Waals surface area (Å²) in [5.74, 6) is 2.39. The minimum atomic E-state index is -0.790. The van der Waals surface area contributed by atoms with Crippen molar-refractivity contribution in [1.82, 2.24) is 0 Å². The first-order valence-electron chi connectivity index (χ1n) is 3.00. The van der Waals surface area contributed by atoms with Crippen LogP contribution in [-0.2, 0) is 4.74 Å². The Bertz CT molecular complexity index is 148. The van der Waals surface area contributed by atoms with Gasteiger partial charge in [0.15, 0.2) is 0 Å². The summed E-state index contributed by atoms with van der Waals surface area (Å²) >= 11 is 4.96. The lowest BCUT2D eigenvalue weighted by molar-refractivity contribution is 0.121. The molecule has 0 heterocycles. The number of halogens is 1. The number of hydrogen-bond acceptors (Lipinski definition) is 2. The summed E-state index contributed by atoms with van der Waals surface area (Å²) < 4.78 is 4.62. The maximum absolute atomic E-state index is 10.2. The highest BCUT2D eigenvalue weighted by atomic mass is 35.5. The van der Waals surface area contributed by atoms with Crippen molar-refractivity contribution in [3.05, 3.63) is 0 Å². The van der Waals surface area contributed by atoms with Crippen LogP contribution in [0.5, 0.6) is 0 Å². The summed E-state index contributed by atoms with van der Waals surface area (Å²) in [6.07, 6.45) is 5.89. The number of hydrogen-bond donors (Lipinski definition) is 0. The van der Waals surface area contributed by atoms with E-state index in [4.69, 9.17) is 18.0 Å². The second kappa shape index (κ2) is 5.13. The van der Waals surface area contributed by atoms with Gasteiger partial charge in [-0.25, -0.2) is 4.79 Å². The molecule has 0 N–H and O–H groups in total. The zero-order valence-electron chi connectivity index (χ0n) is 5.76. The molecule has 2 nitrogen and oxygen atoms in total. The van der Waals surface area contributed by atoms with Crippen LogP contribution < -0.4 is 0 Å². The number of carbonyl (C=O) groups excluding carboxylic acids is 1. The highest BCUT2D eigenvalue weighted by Crippen LogP contribution is 2.04. The van der Waals surface area contributed by atoms with Crippen molar-refractivity contribution in [2.24, 2.45) is 0 Å². The van der Waals surface area contributed by atoms with Gasteiger partial charge >= 0.3 is 5.43 Å². The van der Waals surface area contributed by atoms with Crippen molar-refractivity contribution >= 4 is 17.0 Å². The third kappa shape index (κ3) is 4.22. The minimum Gasteiger partial charge on any atom is -0.449 e. The van der Waals surface area contributed by atoms with Crippen LogP contribution in [0, 0.1) is 12.3 Å². The smallest absolute Gasteiger partial charge is 0.404 e. The van der Waals surface area contributed by atoms with Gasteiger partial charge in [-0.2, -0.15) is 0 Å². The SMILES string of the molecule is C#CCC(CC)OC(=O)Cl. The van der Waals surface area contributed by atoms with Gasteiger partial charge in [0, 0.05) is 18.0 Å². The third-order valence-electron chi connectivity index (χ3n) is 1.06. The zero-order valence-corrected chi connectivity index (χ0v) is 6.52. The molecule has 0 amide bonds. The summed E-state index contributed by atoms with van der Waals surface area (Å²) in [5.41, 5.74) is -0.790. The number of carbonyl (C=O) groups is 1. The topological polar surface area (TPSA) is 26.3 Å². The van der Waals surface area contributed by atoms with E-state index in [9.17, 15) is 4.79 Å². The highest BCUT2D eigenvalue weighted by Gasteiger charge is 2.07. The molecule has 0 aromatic rings. The molecule has 1 unspecified atom stereocenters. The molecule has 3 heteroatoms. The maximum Gasteiger partial charge on any atom is 0.404 e. The summed E-state index contributed by atoms with van der Waals surface area (Å²) in [6, 6.07) is 0. The lowest BCUT2D eigenvalue weighted by atomic mass is 10.2. The van der Waals surface area contributed by atoms with Crippen LogP contribution in [0.15, 0.2) is 0 Å². The van der Waals surface area contributed by atoms with E-state index in [0.29, 0.717) is 12.8 Å². The summed E-state index contributed by atoms with van der Waals surface area (Å²) in [7, 11) is 0. The minimum absolute atomic E-state index is 0.227. The molecule has 0 aliphatic rings. The van der Waals surface area contributed by atoms with E-state index < -0.39 is 5.43 Å². The largest absolute Gasteiger partial charge is 0.449 e. The van der Waals surface area contributed by atoms with Gasteiger partial charge in [-0.15, -0.1) is 12.3 Å². The Labute approximate surface area is 65.5 Å². The molecule has 0 bridgehead atoms. The molecular weight excluding hydrogens is 152 g/mol. The van der Waals surface area contributed by atoms with E-state index in [2.05, 4.69) is 10.7 Å². The van der Waals surface area contributed by atoms with Crippen molar-refractivity contribution in [3.63, 3.8) is 0 Å². The van der Waals surface area contributed by atoms with Gasteiger partial charge in [0.2, 0.25) is 0 Å². The molecule has 0 rings (SSSR count). The number of ether oxygens (including phenoxy) is 1. The average molecular weight is 161 g/mol. The molecule has 0 aromatic carbocycles. The second-order valence-electron chi connectivity index (χ2n) is 1.79. The standard InChI is InChI=1S/C7H9ClO2/c1-3-5-6(4-2)10-7(8)9/h1,6H,4-5H2,2H3. The van der Waals surface area contributed by atoms with E-state index in [1.165, 1.54) is 0 Å². The van der Waals surface area contributed by atoms with E-state index in [1.54, 1.807) is 0 Å². The van der Waals surface area contributed by atoms with E-state index in [-0.39, 0.29) is 6.10 Å². The van der Waals surface area contributed by atoms with Crippen molar-refractivity contribution in [3.8, 4) is 12.3 Å². The van der Waals surface area contributed by atoms with Crippen LogP contribution in [0.25, 0.3) is 0 Å². The van der Waals surface area contributed by atoms with Gasteiger partial charge in [-0.1, -0.05) is 6.92 Å². The van der Waals surface area contributed by atoms with Gasteiger partial charge in [0.1, 0.15) is 6.10 Å². The highest BCUT2D eigenvalue weighted by molar-refractivity contribution is 6.61. The second-order valence-corrected chi connectivity index (χ2v) is 2.10. The number of terminal acetylenes is 1. The van der Waals surface area contributed by atoms with E-state index in [0.717, 1.165) is 0 Å². The first kappa shape index (κ1) is 9.32. The van der Waals surface area contributed by atoms with Gasteiger partial charge in [0.05, 0.1) is 0 Å². The molecule has 1 atom stereocenters. The lowest BCUT2D eigenvalue weighted by Gasteiger charge is -2.09. The van der Waals surface area contributed by atoms with Crippen molar-refractivity contribution in [2.75, 3.05) is 0 Å². The molecule has 0 fully saturated rings. The maximum atomic E-state index is 10.2. The van der Waals surface area contributed by atoms with Gasteiger partial charge in [-0.3, -0.25) is 0 Å². The molecule has 0 aromatic heterocycles. The Morgan fingerprint density at radius 3 is 2.80 bits per heavy atom. The third-order valence-corrected chi connectivity index (χ3v) is 1.15. The Hall–Kier alpha value is -0.680. The van der Waals surface area contributed by atoms with Gasteiger partial charge in [-0.05, 0) is 6.42 Å². The van der Waals surface area contributed by atoms with E-state index in [1.807, 2.05) is 6.92 Å². The fraction of sp³-hybridized carbons (Fsp3) is 0.571. The molecule has 0 radical (unpaired) electrons. The fourth-order valence-electron chi connectivity index (χ4n) is 0.532. The Kier molecular flexibility index (Phi) is 4.78. The molecule has 0 spiro atoms. The van der Waals surface area contributed by atoms with Crippen LogP contribution in [0.1, 0.15) is 19.8 Å². The quantitative estimate of drug-likeness (QED) is 0.467. The summed E-state index contributed by atoms with van der Waals surface area (Å²) in [4.78, 5) is 10.2. The van der Waals surface area contributed by atoms with Crippen LogP contribution >= 0.6 is 11.6 Å². The first-order valence-corrected chi connectivity index (χ1v) is 3.38. The molecule has 0 aliphatic heterocycles. The predicted octanol–water partition coefficient (Wildman–Crippen LogP) is 2.16. The Morgan fingerprint density at radius 2 is 2.50 bits per heavy atom. The van der Waals surface area contributed by atoms with Gasteiger partial charge in [0.25, 0.3) is 0 Å². The molecule has 10 heavy (non-hydrogen) atoms. The predicted molar refractivity (Wildman–Crippen MR) is 39.9 cm³/mol. The Balaban J connectivity index is 3.62. The zero-order chi connectivity index (χ0) is 7.98. The van der Waals surface area contributed by atoms with E-state index >= 15 is 0 Å². The van der Waals surface area contributed by atoms with Crippen molar-refractivity contribution < 1.29 is 9.53 Å². The Morgan fingerprint density at radius 1 is 1.90 bits per heavy atom. The summed E-state index contributed by atoms with van der Waals surface area (Å²) in [5, 5.41) is 0. The van der Waals surface area contributed by atoms with Crippen LogP contribution in [0.4, 0.5) is 4.79 Å². The monoisotopic (exact) mass is 160 g/mol. The van der Waals surface area contributed by atoms with Gasteiger partial charge < -0.3 is 4.74 Å². The van der Waals surface area contributed by atoms with Crippen molar-refractivity contribution in [1.29, 1.82) is 0 Å². The molecule has 56 valence electrons. The summed E-state index contributed by atoms with van der Waals surface area (Å²) in [6.45, 7) is 1.88. The molecule has 0 saturated heterocycles. The van der Waals surface area contributed by atoms with Crippen LogP contribution in [0.3, 0.4) is 0 Å². The normalized spacial score (nSPS) is 11.7. The molecular formula is C7H9ClO2. The molecule has 0 aliphatic carbocycles. The first-order chi connectivity index (χ1) is 4.70. The van der Waals surface area contributed by atoms with Crippen LogP contribution in [-0.4, -0.2) is 11.5 Å². The lowest BCUT2D eigenvalue weighted by Crippen LogP contribution is -2.11. The number of rotatable bonds is 3. The van der Waals surface area contributed by atoms with Crippen molar-refractivity contribution in [2.45, 2.75) is 25.9 Å². The van der Waals surface area contributed by atoms with Crippen LogP contribution in [0.2, 0.25) is 0 Å².